The molecular formula is C17H25N2+. The van der Waals surface area contributed by atoms with Crippen LogP contribution in [0.25, 0.3) is 0 Å². The van der Waals surface area contributed by atoms with Crippen LogP contribution in [0.3, 0.4) is 0 Å². The Morgan fingerprint density at radius 2 is 1.84 bits per heavy atom. The third-order valence-corrected chi connectivity index (χ3v) is 3.61. The number of rotatable bonds is 7. The molecule has 0 aliphatic heterocycles. The van der Waals surface area contributed by atoms with Gasteiger partial charge in [-0.25, -0.2) is 9.13 Å². The quantitative estimate of drug-likeness (QED) is 0.672. The molecule has 0 saturated heterocycles. The molecule has 2 aromatic rings. The molecule has 0 radical (unpaired) electrons. The van der Waals surface area contributed by atoms with Gasteiger partial charge in [0.25, 0.3) is 5.82 Å². The summed E-state index contributed by atoms with van der Waals surface area (Å²) >= 11 is 0. The summed E-state index contributed by atoms with van der Waals surface area (Å²) in [4.78, 5) is 0. The third-order valence-electron chi connectivity index (χ3n) is 3.61. The molecule has 0 fully saturated rings. The van der Waals surface area contributed by atoms with Crippen LogP contribution in [-0.4, -0.2) is 4.57 Å². The molecule has 2 nitrogen and oxygen atoms in total. The molecule has 0 bridgehead atoms. The summed E-state index contributed by atoms with van der Waals surface area (Å²) in [7, 11) is 0. The fourth-order valence-electron chi connectivity index (χ4n) is 2.60. The van der Waals surface area contributed by atoms with Crippen molar-refractivity contribution < 1.29 is 4.57 Å². The predicted molar refractivity (Wildman–Crippen MR) is 79.1 cm³/mol. The first-order valence-corrected chi connectivity index (χ1v) is 7.46. The van der Waals surface area contributed by atoms with Gasteiger partial charge in [0.15, 0.2) is 0 Å². The molecule has 1 aromatic heterocycles. The first kappa shape index (κ1) is 13.9. The summed E-state index contributed by atoms with van der Waals surface area (Å²) in [5.41, 5.74) is 1.44. The summed E-state index contributed by atoms with van der Waals surface area (Å²) in [6.07, 6.45) is 9.21. The van der Waals surface area contributed by atoms with Crippen LogP contribution in [0.5, 0.6) is 0 Å². The van der Waals surface area contributed by atoms with Crippen LogP contribution in [0.15, 0.2) is 42.7 Å². The summed E-state index contributed by atoms with van der Waals surface area (Å²) < 4.78 is 4.79. The lowest BCUT2D eigenvalue weighted by atomic mass is 10.1. The van der Waals surface area contributed by atoms with E-state index < -0.39 is 0 Å². The number of hydrogen-bond donors (Lipinski definition) is 0. The second kappa shape index (κ2) is 7.13. The Labute approximate surface area is 116 Å². The number of nitrogens with zero attached hydrogens (tertiary/aromatic N) is 2. The minimum Gasteiger partial charge on any atom is -0.235 e. The van der Waals surface area contributed by atoms with Crippen molar-refractivity contribution in [1.82, 2.24) is 4.57 Å². The van der Waals surface area contributed by atoms with E-state index in [9.17, 15) is 0 Å². The van der Waals surface area contributed by atoms with Crippen LogP contribution in [0.2, 0.25) is 0 Å². The fourth-order valence-corrected chi connectivity index (χ4v) is 2.60. The molecule has 102 valence electrons. The Morgan fingerprint density at radius 1 is 1.05 bits per heavy atom. The van der Waals surface area contributed by atoms with Gasteiger partial charge in [0, 0.05) is 6.42 Å². The maximum absolute atomic E-state index is 2.43. The van der Waals surface area contributed by atoms with Gasteiger partial charge in [-0.05, 0) is 31.7 Å². The minimum absolute atomic E-state index is 1.07. The number of aromatic nitrogens is 2. The van der Waals surface area contributed by atoms with Gasteiger partial charge in [-0.3, -0.25) is 0 Å². The lowest BCUT2D eigenvalue weighted by molar-refractivity contribution is -0.704. The van der Waals surface area contributed by atoms with Crippen LogP contribution in [-0.2, 0) is 25.9 Å². The maximum atomic E-state index is 2.43. The first-order chi connectivity index (χ1) is 9.35. The molecule has 0 unspecified atom stereocenters. The van der Waals surface area contributed by atoms with Crippen molar-refractivity contribution in [2.24, 2.45) is 0 Å². The second-order valence-corrected chi connectivity index (χ2v) is 5.03. The van der Waals surface area contributed by atoms with Gasteiger partial charge in [0.1, 0.15) is 12.4 Å². The molecule has 1 aromatic carbocycles. The Hall–Kier alpha value is -1.57. The van der Waals surface area contributed by atoms with Crippen molar-refractivity contribution in [2.45, 2.75) is 52.6 Å². The largest absolute Gasteiger partial charge is 0.256 e. The van der Waals surface area contributed by atoms with Gasteiger partial charge >= 0.3 is 0 Å². The molecule has 0 N–H and O–H groups in total. The zero-order chi connectivity index (χ0) is 13.5. The van der Waals surface area contributed by atoms with E-state index in [1.54, 1.807) is 0 Å². The number of aryl methyl sites for hydroxylation is 3. The summed E-state index contributed by atoms with van der Waals surface area (Å²) in [6.45, 7) is 6.66. The zero-order valence-electron chi connectivity index (χ0n) is 12.2. The summed E-state index contributed by atoms with van der Waals surface area (Å²) in [5, 5.41) is 0. The van der Waals surface area contributed by atoms with Crippen LogP contribution in [0, 0.1) is 0 Å². The Balaban J connectivity index is 1.94. The van der Waals surface area contributed by atoms with E-state index in [0.29, 0.717) is 0 Å². The standard InChI is InChI=1S/C17H25N2/c1-3-9-17-18(4-2)14-15-19(17)13-8-12-16-10-6-5-7-11-16/h5-7,10-11,14-15H,3-4,8-9,12-13H2,1-2H3/q+1. The SMILES string of the molecule is CCCc1n(CC)cc[n+]1CCCc1ccccc1. The third kappa shape index (κ3) is 3.69. The van der Waals surface area contributed by atoms with Crippen LogP contribution in [0.1, 0.15) is 38.1 Å². The van der Waals surface area contributed by atoms with Gasteiger partial charge in [0.2, 0.25) is 0 Å². The van der Waals surface area contributed by atoms with Gasteiger partial charge in [-0.1, -0.05) is 37.3 Å². The molecule has 0 atom stereocenters. The van der Waals surface area contributed by atoms with Crippen LogP contribution >= 0.6 is 0 Å². The van der Waals surface area contributed by atoms with E-state index in [-0.39, 0.29) is 0 Å². The Bertz CT molecular complexity index is 485. The van der Waals surface area contributed by atoms with E-state index in [0.717, 1.165) is 19.5 Å². The van der Waals surface area contributed by atoms with Crippen molar-refractivity contribution >= 4 is 0 Å². The molecular weight excluding hydrogens is 232 g/mol. The molecule has 0 spiro atoms. The highest BCUT2D eigenvalue weighted by Crippen LogP contribution is 2.04. The lowest BCUT2D eigenvalue weighted by Crippen LogP contribution is -2.37. The number of benzene rings is 1. The molecule has 19 heavy (non-hydrogen) atoms. The smallest absolute Gasteiger partial charge is 0.235 e. The summed E-state index contributed by atoms with van der Waals surface area (Å²) in [5.74, 6) is 1.47. The van der Waals surface area contributed by atoms with Crippen molar-refractivity contribution in [3.05, 3.63) is 54.1 Å². The molecule has 0 aliphatic rings. The van der Waals surface area contributed by atoms with Crippen molar-refractivity contribution in [3.63, 3.8) is 0 Å². The minimum atomic E-state index is 1.07. The highest BCUT2D eigenvalue weighted by molar-refractivity contribution is 5.14. The fraction of sp³-hybridized carbons (Fsp3) is 0.471. The van der Waals surface area contributed by atoms with E-state index in [1.807, 2.05) is 0 Å². The monoisotopic (exact) mass is 257 g/mol. The molecule has 0 saturated carbocycles. The molecule has 0 aliphatic carbocycles. The molecule has 0 amide bonds. The average molecular weight is 257 g/mol. The van der Waals surface area contributed by atoms with Crippen LogP contribution in [0.4, 0.5) is 0 Å². The molecule has 2 heteroatoms. The Morgan fingerprint density at radius 3 is 2.53 bits per heavy atom. The zero-order valence-corrected chi connectivity index (χ0v) is 12.2. The van der Waals surface area contributed by atoms with Crippen molar-refractivity contribution in [1.29, 1.82) is 0 Å². The lowest BCUT2D eigenvalue weighted by Gasteiger charge is -2.03. The topological polar surface area (TPSA) is 8.81 Å². The van der Waals surface area contributed by atoms with Crippen LogP contribution < -0.4 is 4.57 Å². The van der Waals surface area contributed by atoms with E-state index in [1.165, 1.54) is 30.7 Å². The summed E-state index contributed by atoms with van der Waals surface area (Å²) in [6, 6.07) is 10.8. The molecule has 2 rings (SSSR count). The number of imidazole rings is 1. The Kier molecular flexibility index (Phi) is 5.20. The van der Waals surface area contributed by atoms with Gasteiger partial charge in [0.05, 0.1) is 13.1 Å². The van der Waals surface area contributed by atoms with Gasteiger partial charge in [-0.15, -0.1) is 0 Å². The van der Waals surface area contributed by atoms with Gasteiger partial charge < -0.3 is 0 Å². The maximum Gasteiger partial charge on any atom is 0.256 e. The van der Waals surface area contributed by atoms with E-state index in [4.69, 9.17) is 0 Å². The van der Waals surface area contributed by atoms with Crippen molar-refractivity contribution in [2.75, 3.05) is 0 Å². The molecule has 1 heterocycles. The first-order valence-electron chi connectivity index (χ1n) is 7.46. The normalized spacial score (nSPS) is 10.8. The van der Waals surface area contributed by atoms with E-state index in [2.05, 4.69) is 65.7 Å². The highest BCUT2D eigenvalue weighted by Gasteiger charge is 2.14. The van der Waals surface area contributed by atoms with Crippen molar-refractivity contribution in [3.8, 4) is 0 Å². The van der Waals surface area contributed by atoms with E-state index >= 15 is 0 Å². The second-order valence-electron chi connectivity index (χ2n) is 5.03. The predicted octanol–water partition coefficient (Wildman–Crippen LogP) is 3.38. The average Bonchev–Trinajstić information content (AvgIpc) is 2.83. The number of hydrogen-bond acceptors (Lipinski definition) is 0. The van der Waals surface area contributed by atoms with Gasteiger partial charge in [-0.2, -0.15) is 0 Å². The highest BCUT2D eigenvalue weighted by atomic mass is 15.1.